The molecule has 1 heterocycles. The van der Waals surface area contributed by atoms with E-state index in [1.165, 1.54) is 0 Å². The largest absolute Gasteiger partial charge is 0.383 e. The van der Waals surface area contributed by atoms with Crippen LogP contribution in [-0.4, -0.2) is 42.3 Å². The van der Waals surface area contributed by atoms with Gasteiger partial charge in [-0.05, 0) is 0 Å². The summed E-state index contributed by atoms with van der Waals surface area (Å²) < 4.78 is 6.66. The van der Waals surface area contributed by atoms with Crippen LogP contribution in [0.4, 0.5) is 0 Å². The number of nitrogens with one attached hydrogen (secondary N) is 2. The van der Waals surface area contributed by atoms with Gasteiger partial charge in [0, 0.05) is 26.0 Å². The first-order valence-electron chi connectivity index (χ1n) is 5.61. The number of amides is 1. The van der Waals surface area contributed by atoms with E-state index in [9.17, 15) is 4.79 Å². The lowest BCUT2D eigenvalue weighted by atomic mass is 10.5. The van der Waals surface area contributed by atoms with Gasteiger partial charge in [-0.3, -0.25) is 4.79 Å². The second-order valence-corrected chi connectivity index (χ2v) is 3.58. The van der Waals surface area contributed by atoms with Gasteiger partial charge in [0.1, 0.15) is 18.9 Å². The molecule has 7 nitrogen and oxygen atoms in total. The Labute approximate surface area is 106 Å². The minimum absolute atomic E-state index is 0.0228. The zero-order valence-corrected chi connectivity index (χ0v) is 10.3. The fourth-order valence-electron chi connectivity index (χ4n) is 1.37. The van der Waals surface area contributed by atoms with Crippen LogP contribution in [-0.2, 0) is 22.6 Å². The van der Waals surface area contributed by atoms with Crippen molar-refractivity contribution < 1.29 is 9.53 Å². The third kappa shape index (κ3) is 4.95. The van der Waals surface area contributed by atoms with Crippen molar-refractivity contribution in [3.05, 3.63) is 18.2 Å². The number of nitriles is 1. The number of rotatable bonds is 8. The highest BCUT2D eigenvalue weighted by Crippen LogP contribution is 1.97. The molecule has 0 saturated carbocycles. The molecule has 1 aromatic rings. The van der Waals surface area contributed by atoms with Gasteiger partial charge in [-0.25, -0.2) is 4.98 Å². The normalized spacial score (nSPS) is 10.0. The molecule has 1 amide bonds. The Bertz CT molecular complexity index is 410. The van der Waals surface area contributed by atoms with E-state index in [-0.39, 0.29) is 19.0 Å². The first kappa shape index (κ1) is 14.2. The Hall–Kier alpha value is -1.91. The summed E-state index contributed by atoms with van der Waals surface area (Å²) in [5.74, 6) is 0.575. The maximum atomic E-state index is 11.4. The number of nitrogens with zero attached hydrogens (tertiary/aromatic N) is 3. The van der Waals surface area contributed by atoms with Crippen molar-refractivity contribution in [3.8, 4) is 6.07 Å². The minimum Gasteiger partial charge on any atom is -0.383 e. The number of carbonyl (C=O) groups excluding carboxylic acids is 1. The first-order valence-corrected chi connectivity index (χ1v) is 5.61. The average molecular weight is 251 g/mol. The zero-order chi connectivity index (χ0) is 13.2. The van der Waals surface area contributed by atoms with Gasteiger partial charge >= 0.3 is 0 Å². The molecular formula is C11H17N5O2. The van der Waals surface area contributed by atoms with Gasteiger partial charge in [0.25, 0.3) is 0 Å². The Morgan fingerprint density at radius 3 is 3.22 bits per heavy atom. The van der Waals surface area contributed by atoms with Crippen LogP contribution in [0.15, 0.2) is 12.4 Å². The number of aromatic nitrogens is 2. The van der Waals surface area contributed by atoms with Crippen LogP contribution in [0.25, 0.3) is 0 Å². The fourth-order valence-corrected chi connectivity index (χ4v) is 1.37. The van der Waals surface area contributed by atoms with Crippen LogP contribution >= 0.6 is 0 Å². The van der Waals surface area contributed by atoms with Gasteiger partial charge in [0.2, 0.25) is 5.91 Å². The summed E-state index contributed by atoms with van der Waals surface area (Å²) in [5.41, 5.74) is 0. The fraction of sp³-hybridized carbons (Fsp3) is 0.545. The molecule has 2 N–H and O–H groups in total. The standard InChI is InChI=1S/C11H17N5O2/c1-18-7-5-13-8-10-14-4-6-16(10)9-11(17)15-3-2-12/h4,6,13H,3,5,7-9H2,1H3,(H,15,17). The van der Waals surface area contributed by atoms with Gasteiger partial charge in [0.15, 0.2) is 0 Å². The van der Waals surface area contributed by atoms with E-state index < -0.39 is 0 Å². The lowest BCUT2D eigenvalue weighted by Gasteiger charge is -2.08. The Morgan fingerprint density at radius 1 is 1.67 bits per heavy atom. The van der Waals surface area contributed by atoms with Gasteiger partial charge in [-0.15, -0.1) is 0 Å². The second kappa shape index (κ2) is 8.22. The molecule has 0 radical (unpaired) electrons. The highest BCUT2D eigenvalue weighted by molar-refractivity contribution is 5.75. The van der Waals surface area contributed by atoms with E-state index in [0.717, 1.165) is 12.4 Å². The molecule has 0 saturated heterocycles. The average Bonchev–Trinajstić information content (AvgIpc) is 2.79. The van der Waals surface area contributed by atoms with Crippen molar-refractivity contribution in [2.45, 2.75) is 13.1 Å². The van der Waals surface area contributed by atoms with Gasteiger partial charge in [-0.1, -0.05) is 0 Å². The summed E-state index contributed by atoms with van der Waals surface area (Å²) in [4.78, 5) is 15.6. The molecule has 0 aliphatic heterocycles. The number of ether oxygens (including phenoxy) is 1. The molecule has 0 aliphatic rings. The number of carbonyl (C=O) groups is 1. The second-order valence-electron chi connectivity index (χ2n) is 3.58. The van der Waals surface area contributed by atoms with Crippen molar-refractivity contribution in [2.75, 3.05) is 26.8 Å². The summed E-state index contributed by atoms with van der Waals surface area (Å²) in [7, 11) is 1.64. The van der Waals surface area contributed by atoms with E-state index in [0.29, 0.717) is 13.2 Å². The molecule has 1 rings (SSSR count). The van der Waals surface area contributed by atoms with Crippen molar-refractivity contribution in [1.29, 1.82) is 5.26 Å². The topological polar surface area (TPSA) is 92.0 Å². The van der Waals surface area contributed by atoms with E-state index in [4.69, 9.17) is 10.00 Å². The maximum absolute atomic E-state index is 11.4. The van der Waals surface area contributed by atoms with Crippen LogP contribution in [0.1, 0.15) is 5.82 Å². The van der Waals surface area contributed by atoms with Gasteiger partial charge < -0.3 is 19.9 Å². The quantitative estimate of drug-likeness (QED) is 0.469. The highest BCUT2D eigenvalue weighted by atomic mass is 16.5. The summed E-state index contributed by atoms with van der Waals surface area (Å²) in [6, 6.07) is 1.86. The third-order valence-electron chi connectivity index (χ3n) is 2.25. The Balaban J connectivity index is 2.39. The van der Waals surface area contributed by atoms with Crippen molar-refractivity contribution >= 4 is 5.91 Å². The summed E-state index contributed by atoms with van der Waals surface area (Å²) in [5, 5.41) is 14.0. The molecule has 18 heavy (non-hydrogen) atoms. The monoisotopic (exact) mass is 251 g/mol. The zero-order valence-electron chi connectivity index (χ0n) is 10.3. The molecule has 0 atom stereocenters. The summed E-state index contributed by atoms with van der Waals surface area (Å²) in [6.07, 6.45) is 3.38. The molecule has 0 aromatic carbocycles. The number of hydrogen-bond donors (Lipinski definition) is 2. The van der Waals surface area contributed by atoms with E-state index >= 15 is 0 Å². The molecule has 0 unspecified atom stereocenters. The molecule has 1 aromatic heterocycles. The SMILES string of the molecule is COCCNCc1nccn1CC(=O)NCC#N. The Kier molecular flexibility index (Phi) is 6.46. The molecule has 0 spiro atoms. The third-order valence-corrected chi connectivity index (χ3v) is 2.25. The van der Waals surface area contributed by atoms with Crippen molar-refractivity contribution in [2.24, 2.45) is 0 Å². The molecule has 98 valence electrons. The van der Waals surface area contributed by atoms with E-state index in [1.54, 1.807) is 24.1 Å². The predicted molar refractivity (Wildman–Crippen MR) is 64.4 cm³/mol. The smallest absolute Gasteiger partial charge is 0.240 e. The van der Waals surface area contributed by atoms with Gasteiger partial charge in [-0.2, -0.15) is 5.26 Å². The van der Waals surface area contributed by atoms with Crippen LogP contribution in [0.3, 0.4) is 0 Å². The molecule has 0 aliphatic carbocycles. The van der Waals surface area contributed by atoms with E-state index in [2.05, 4.69) is 15.6 Å². The first-order chi connectivity index (χ1) is 8.77. The number of imidazole rings is 1. The van der Waals surface area contributed by atoms with Crippen molar-refractivity contribution in [3.63, 3.8) is 0 Å². The molecule has 0 fully saturated rings. The van der Waals surface area contributed by atoms with Crippen molar-refractivity contribution in [1.82, 2.24) is 20.2 Å². The number of methoxy groups -OCH3 is 1. The summed E-state index contributed by atoms with van der Waals surface area (Å²) in [6.45, 7) is 2.12. The molecule has 7 heteroatoms. The van der Waals surface area contributed by atoms with Crippen LogP contribution in [0.2, 0.25) is 0 Å². The van der Waals surface area contributed by atoms with Crippen LogP contribution < -0.4 is 10.6 Å². The molecule has 0 bridgehead atoms. The Morgan fingerprint density at radius 2 is 2.50 bits per heavy atom. The lowest BCUT2D eigenvalue weighted by Crippen LogP contribution is -2.29. The summed E-state index contributed by atoms with van der Waals surface area (Å²) >= 11 is 0. The molecular weight excluding hydrogens is 234 g/mol. The van der Waals surface area contributed by atoms with Crippen LogP contribution in [0.5, 0.6) is 0 Å². The number of hydrogen-bond acceptors (Lipinski definition) is 5. The highest BCUT2D eigenvalue weighted by Gasteiger charge is 2.06. The minimum atomic E-state index is -0.201. The van der Waals surface area contributed by atoms with Gasteiger partial charge in [0.05, 0.1) is 19.2 Å². The maximum Gasteiger partial charge on any atom is 0.240 e. The van der Waals surface area contributed by atoms with Crippen LogP contribution in [0, 0.1) is 11.3 Å². The predicted octanol–water partition coefficient (Wildman–Crippen LogP) is -0.741. The van der Waals surface area contributed by atoms with E-state index in [1.807, 2.05) is 6.07 Å². The lowest BCUT2D eigenvalue weighted by molar-refractivity contribution is -0.121.